The number of primary amides is 1. The number of nitrogens with two attached hydrogens (primary N) is 2. The van der Waals surface area contributed by atoms with Gasteiger partial charge in [0.25, 0.3) is 0 Å². The van der Waals surface area contributed by atoms with Crippen molar-refractivity contribution in [2.75, 3.05) is 26.2 Å². The Kier molecular flexibility index (Phi) is 6.03. The van der Waals surface area contributed by atoms with E-state index in [0.29, 0.717) is 6.54 Å². The number of ether oxygens (including phenoxy) is 1. The SMILES string of the molecule is CCC(CC)(C(N)CNC(N)=O)N1CCOC(C)C1. The molecule has 6 nitrogen and oxygen atoms in total. The molecule has 1 heterocycles. The molecule has 0 bridgehead atoms. The van der Waals surface area contributed by atoms with Crippen molar-refractivity contribution in [2.45, 2.75) is 51.3 Å². The van der Waals surface area contributed by atoms with Crippen molar-refractivity contribution >= 4 is 6.03 Å². The first-order valence-corrected chi connectivity index (χ1v) is 7.11. The molecule has 2 amide bonds. The monoisotopic (exact) mass is 272 g/mol. The summed E-state index contributed by atoms with van der Waals surface area (Å²) in [7, 11) is 0. The van der Waals surface area contributed by atoms with E-state index >= 15 is 0 Å². The third-order valence-electron chi connectivity index (χ3n) is 4.28. The maximum atomic E-state index is 10.9. The number of amides is 2. The van der Waals surface area contributed by atoms with Gasteiger partial charge in [0.05, 0.1) is 12.7 Å². The number of hydrogen-bond acceptors (Lipinski definition) is 4. The van der Waals surface area contributed by atoms with Gasteiger partial charge in [-0.05, 0) is 19.8 Å². The molecule has 1 aliphatic heterocycles. The lowest BCUT2D eigenvalue weighted by molar-refractivity contribution is -0.0724. The summed E-state index contributed by atoms with van der Waals surface area (Å²) >= 11 is 0. The Morgan fingerprint density at radius 3 is 2.63 bits per heavy atom. The Morgan fingerprint density at radius 2 is 2.16 bits per heavy atom. The molecule has 6 heteroatoms. The van der Waals surface area contributed by atoms with Gasteiger partial charge in [0.1, 0.15) is 0 Å². The van der Waals surface area contributed by atoms with Gasteiger partial charge in [-0.25, -0.2) is 4.79 Å². The highest BCUT2D eigenvalue weighted by Gasteiger charge is 2.40. The van der Waals surface area contributed by atoms with E-state index in [4.69, 9.17) is 16.2 Å². The highest BCUT2D eigenvalue weighted by molar-refractivity contribution is 5.71. The summed E-state index contributed by atoms with van der Waals surface area (Å²) in [5.74, 6) is 0. The smallest absolute Gasteiger partial charge is 0.312 e. The molecular formula is C13H28N4O2. The lowest BCUT2D eigenvalue weighted by Crippen LogP contribution is -2.65. The number of carbonyl (C=O) groups is 1. The third-order valence-corrected chi connectivity index (χ3v) is 4.28. The average Bonchev–Trinajstić information content (AvgIpc) is 2.38. The molecule has 19 heavy (non-hydrogen) atoms. The summed E-state index contributed by atoms with van der Waals surface area (Å²) in [6.07, 6.45) is 2.11. The predicted octanol–water partition coefficient (Wildman–Crippen LogP) is 0.262. The van der Waals surface area contributed by atoms with Crippen LogP contribution in [0, 0.1) is 0 Å². The van der Waals surface area contributed by atoms with E-state index in [2.05, 4.69) is 31.0 Å². The van der Waals surface area contributed by atoms with Gasteiger partial charge in [0.2, 0.25) is 0 Å². The number of carbonyl (C=O) groups excluding carboxylic acids is 1. The number of urea groups is 1. The van der Waals surface area contributed by atoms with Gasteiger partial charge in [-0.1, -0.05) is 13.8 Å². The van der Waals surface area contributed by atoms with Crippen LogP contribution in [0.1, 0.15) is 33.6 Å². The molecule has 0 saturated carbocycles. The second kappa shape index (κ2) is 7.07. The van der Waals surface area contributed by atoms with Crippen molar-refractivity contribution in [3.63, 3.8) is 0 Å². The van der Waals surface area contributed by atoms with Gasteiger partial charge < -0.3 is 21.5 Å². The van der Waals surface area contributed by atoms with E-state index < -0.39 is 6.03 Å². The van der Waals surface area contributed by atoms with E-state index in [1.54, 1.807) is 0 Å². The zero-order chi connectivity index (χ0) is 14.5. The largest absolute Gasteiger partial charge is 0.376 e. The maximum absolute atomic E-state index is 10.9. The van der Waals surface area contributed by atoms with Crippen LogP contribution in [-0.2, 0) is 4.74 Å². The van der Waals surface area contributed by atoms with E-state index in [0.717, 1.165) is 32.5 Å². The molecule has 0 aromatic rings. The maximum Gasteiger partial charge on any atom is 0.312 e. The molecule has 5 N–H and O–H groups in total. The van der Waals surface area contributed by atoms with E-state index in [1.165, 1.54) is 0 Å². The molecule has 112 valence electrons. The molecule has 2 unspecified atom stereocenters. The molecular weight excluding hydrogens is 244 g/mol. The van der Waals surface area contributed by atoms with Gasteiger partial charge in [0.15, 0.2) is 0 Å². The number of rotatable bonds is 6. The lowest BCUT2D eigenvalue weighted by atomic mass is 9.82. The number of nitrogens with one attached hydrogen (secondary N) is 1. The topological polar surface area (TPSA) is 93.6 Å². The van der Waals surface area contributed by atoms with E-state index in [1.807, 2.05) is 0 Å². The summed E-state index contributed by atoms with van der Waals surface area (Å²) in [4.78, 5) is 13.3. The Bertz CT molecular complexity index is 294. The van der Waals surface area contributed by atoms with Crippen LogP contribution in [-0.4, -0.2) is 54.9 Å². The summed E-state index contributed by atoms with van der Waals surface area (Å²) in [6, 6.07) is -0.660. The lowest BCUT2D eigenvalue weighted by Gasteiger charge is -2.49. The van der Waals surface area contributed by atoms with Crippen LogP contribution in [0.25, 0.3) is 0 Å². The second-order valence-corrected chi connectivity index (χ2v) is 5.29. The Morgan fingerprint density at radius 1 is 1.53 bits per heavy atom. The van der Waals surface area contributed by atoms with Crippen LogP contribution in [0.2, 0.25) is 0 Å². The van der Waals surface area contributed by atoms with Crippen molar-refractivity contribution < 1.29 is 9.53 Å². The number of nitrogens with zero attached hydrogens (tertiary/aromatic N) is 1. The zero-order valence-corrected chi connectivity index (χ0v) is 12.3. The first kappa shape index (κ1) is 16.2. The van der Waals surface area contributed by atoms with Crippen LogP contribution in [0.5, 0.6) is 0 Å². The third kappa shape index (κ3) is 3.81. The van der Waals surface area contributed by atoms with Crippen molar-refractivity contribution in [3.05, 3.63) is 0 Å². The van der Waals surface area contributed by atoms with Crippen LogP contribution in [0.3, 0.4) is 0 Å². The van der Waals surface area contributed by atoms with E-state index in [9.17, 15) is 4.79 Å². The van der Waals surface area contributed by atoms with Gasteiger partial charge in [-0.15, -0.1) is 0 Å². The zero-order valence-electron chi connectivity index (χ0n) is 12.3. The van der Waals surface area contributed by atoms with Gasteiger partial charge >= 0.3 is 6.03 Å². The van der Waals surface area contributed by atoms with Crippen molar-refractivity contribution in [1.82, 2.24) is 10.2 Å². The predicted molar refractivity (Wildman–Crippen MR) is 75.9 cm³/mol. The number of hydrogen-bond donors (Lipinski definition) is 3. The molecule has 1 aliphatic rings. The summed E-state index contributed by atoms with van der Waals surface area (Å²) in [5, 5.41) is 2.63. The molecule has 2 atom stereocenters. The summed E-state index contributed by atoms with van der Waals surface area (Å²) in [5.41, 5.74) is 11.4. The van der Waals surface area contributed by atoms with Crippen molar-refractivity contribution in [3.8, 4) is 0 Å². The molecule has 1 fully saturated rings. The van der Waals surface area contributed by atoms with Crippen molar-refractivity contribution in [2.24, 2.45) is 11.5 Å². The molecule has 1 rings (SSSR count). The normalized spacial score (nSPS) is 23.1. The van der Waals surface area contributed by atoms with Gasteiger partial charge in [-0.3, -0.25) is 4.90 Å². The summed E-state index contributed by atoms with van der Waals surface area (Å²) in [6.45, 7) is 9.28. The fraction of sp³-hybridized carbons (Fsp3) is 0.923. The minimum absolute atomic E-state index is 0.111. The molecule has 0 spiro atoms. The number of morpholine rings is 1. The van der Waals surface area contributed by atoms with Crippen LogP contribution in [0.4, 0.5) is 4.79 Å². The Hall–Kier alpha value is -0.850. The van der Waals surface area contributed by atoms with E-state index in [-0.39, 0.29) is 17.7 Å². The highest BCUT2D eigenvalue weighted by atomic mass is 16.5. The van der Waals surface area contributed by atoms with Crippen LogP contribution in [0.15, 0.2) is 0 Å². The fourth-order valence-corrected chi connectivity index (χ4v) is 3.08. The minimum atomic E-state index is -0.521. The first-order chi connectivity index (χ1) is 8.96. The second-order valence-electron chi connectivity index (χ2n) is 5.29. The quantitative estimate of drug-likeness (QED) is 0.646. The Balaban J connectivity index is 2.79. The molecule has 0 aromatic carbocycles. The van der Waals surface area contributed by atoms with Crippen LogP contribution < -0.4 is 16.8 Å². The van der Waals surface area contributed by atoms with Crippen molar-refractivity contribution in [1.29, 1.82) is 0 Å². The van der Waals surface area contributed by atoms with Gasteiger partial charge in [-0.2, -0.15) is 0 Å². The highest BCUT2D eigenvalue weighted by Crippen LogP contribution is 2.29. The average molecular weight is 272 g/mol. The molecule has 0 aliphatic carbocycles. The standard InChI is InChI=1S/C13H28N4O2/c1-4-13(5-2,11(14)8-16-12(15)18)17-6-7-19-10(3)9-17/h10-11H,4-9,14H2,1-3H3,(H3,15,16,18). The Labute approximate surface area is 115 Å². The summed E-state index contributed by atoms with van der Waals surface area (Å²) < 4.78 is 5.60. The van der Waals surface area contributed by atoms with Crippen LogP contribution >= 0.6 is 0 Å². The molecule has 1 saturated heterocycles. The first-order valence-electron chi connectivity index (χ1n) is 7.11. The van der Waals surface area contributed by atoms with Gasteiger partial charge in [0, 0.05) is 31.2 Å². The molecule has 0 radical (unpaired) electrons. The molecule has 0 aromatic heterocycles. The minimum Gasteiger partial charge on any atom is -0.376 e. The fourth-order valence-electron chi connectivity index (χ4n) is 3.08.